The molecule has 1 saturated heterocycles. The van der Waals surface area contributed by atoms with Crippen molar-refractivity contribution < 1.29 is 47.5 Å². The first kappa shape index (κ1) is 26.2. The lowest BCUT2D eigenvalue weighted by molar-refractivity contribution is -0.302. The van der Waals surface area contributed by atoms with Gasteiger partial charge in [-0.2, -0.15) is 0 Å². The summed E-state index contributed by atoms with van der Waals surface area (Å²) in [7, 11) is 1.84. The largest absolute Gasteiger partial charge is 0.456 e. The minimum absolute atomic E-state index is 0.136. The van der Waals surface area contributed by atoms with Crippen LogP contribution in [0.2, 0.25) is 0 Å². The van der Waals surface area contributed by atoms with E-state index in [1.54, 1.807) is 6.92 Å². The molecule has 1 aliphatic heterocycles. The predicted octanol–water partition coefficient (Wildman–Crippen LogP) is -0.204. The summed E-state index contributed by atoms with van der Waals surface area (Å²) in [6.45, 7) is 7.87. The van der Waals surface area contributed by atoms with Crippen LogP contribution < -0.4 is 5.32 Å². The van der Waals surface area contributed by atoms with Crippen LogP contribution in [0.15, 0.2) is 0 Å². The molecular weight excluding hydrogens is 402 g/mol. The molecule has 1 rings (SSSR count). The Balaban J connectivity index is 2.66. The van der Waals surface area contributed by atoms with Crippen molar-refractivity contribution >= 4 is 17.9 Å². The number of likely N-dealkylation sites (N-methyl/N-ethyl adjacent to an activating group) is 1. The highest BCUT2D eigenvalue weighted by atomic mass is 16.7. The van der Waals surface area contributed by atoms with Gasteiger partial charge in [0.05, 0.1) is 39.1 Å². The summed E-state index contributed by atoms with van der Waals surface area (Å²) in [6, 6.07) is 0. The van der Waals surface area contributed by atoms with E-state index in [9.17, 15) is 14.4 Å². The minimum Gasteiger partial charge on any atom is -0.456 e. The van der Waals surface area contributed by atoms with E-state index in [4.69, 9.17) is 33.2 Å². The van der Waals surface area contributed by atoms with Gasteiger partial charge >= 0.3 is 17.9 Å². The summed E-state index contributed by atoms with van der Waals surface area (Å²) in [5, 5.41) is 2.97. The molecule has 0 spiro atoms. The van der Waals surface area contributed by atoms with E-state index < -0.39 is 48.6 Å². The Morgan fingerprint density at radius 1 is 0.767 bits per heavy atom. The molecule has 0 aromatic heterocycles. The van der Waals surface area contributed by atoms with Crippen molar-refractivity contribution in [2.45, 2.75) is 58.4 Å². The number of carbonyl (C=O) groups is 3. The Morgan fingerprint density at radius 2 is 1.27 bits per heavy atom. The molecule has 11 heteroatoms. The molecule has 1 N–H and O–H groups in total. The summed E-state index contributed by atoms with van der Waals surface area (Å²) < 4.78 is 38.0. The van der Waals surface area contributed by atoms with E-state index in [0.717, 1.165) is 6.54 Å². The van der Waals surface area contributed by atoms with E-state index in [-0.39, 0.29) is 13.2 Å². The first-order valence-electron chi connectivity index (χ1n) is 9.85. The maximum absolute atomic E-state index is 11.6. The molecule has 5 atom stereocenters. The zero-order chi connectivity index (χ0) is 22.5. The summed E-state index contributed by atoms with van der Waals surface area (Å²) in [4.78, 5) is 34.7. The smallest absolute Gasteiger partial charge is 0.303 e. The Kier molecular flexibility index (Phi) is 12.5. The Hall–Kier alpha value is -1.79. The van der Waals surface area contributed by atoms with E-state index in [1.165, 1.54) is 20.8 Å². The molecule has 0 aromatic carbocycles. The van der Waals surface area contributed by atoms with Crippen LogP contribution in [0, 0.1) is 0 Å². The van der Waals surface area contributed by atoms with E-state index in [0.29, 0.717) is 19.8 Å². The van der Waals surface area contributed by atoms with E-state index in [1.807, 2.05) is 7.05 Å². The fourth-order valence-electron chi connectivity index (χ4n) is 2.82. The molecule has 0 radical (unpaired) electrons. The van der Waals surface area contributed by atoms with Crippen LogP contribution >= 0.6 is 0 Å². The van der Waals surface area contributed by atoms with Crippen molar-refractivity contribution in [3.8, 4) is 0 Å². The monoisotopic (exact) mass is 435 g/mol. The summed E-state index contributed by atoms with van der Waals surface area (Å²) >= 11 is 0. The van der Waals surface area contributed by atoms with Crippen molar-refractivity contribution in [1.29, 1.82) is 0 Å². The third-order valence-electron chi connectivity index (χ3n) is 4.01. The number of esters is 3. The average Bonchev–Trinajstić information content (AvgIpc) is 2.65. The Morgan fingerprint density at radius 3 is 1.83 bits per heavy atom. The van der Waals surface area contributed by atoms with Crippen molar-refractivity contribution in [3.63, 3.8) is 0 Å². The maximum atomic E-state index is 11.6. The Bertz CT molecular complexity index is 543. The summed E-state index contributed by atoms with van der Waals surface area (Å²) in [5.41, 5.74) is 0. The van der Waals surface area contributed by atoms with Gasteiger partial charge in [-0.05, 0) is 14.0 Å². The number of hydrogen-bond donors (Lipinski definition) is 1. The van der Waals surface area contributed by atoms with Crippen LogP contribution in [0.1, 0.15) is 27.7 Å². The van der Waals surface area contributed by atoms with Gasteiger partial charge in [0.2, 0.25) is 0 Å². The molecule has 1 heterocycles. The van der Waals surface area contributed by atoms with Gasteiger partial charge in [0, 0.05) is 27.3 Å². The molecule has 0 bridgehead atoms. The zero-order valence-electron chi connectivity index (χ0n) is 18.2. The van der Waals surface area contributed by atoms with Crippen molar-refractivity contribution in [2.24, 2.45) is 0 Å². The van der Waals surface area contributed by atoms with Crippen LogP contribution in [0.25, 0.3) is 0 Å². The van der Waals surface area contributed by atoms with Crippen molar-refractivity contribution in [1.82, 2.24) is 5.32 Å². The standard InChI is InChI=1S/C19H33NO10/c1-12-16(28-13(2)21)17(29-14(3)22)18(30-15(4)23)19(27-12)26-11-10-25-9-8-24-7-6-20-5/h12,16-20H,6-11H2,1-5H3. The fourth-order valence-corrected chi connectivity index (χ4v) is 2.82. The molecule has 11 nitrogen and oxygen atoms in total. The van der Waals surface area contributed by atoms with Crippen molar-refractivity contribution in [2.75, 3.05) is 46.6 Å². The lowest BCUT2D eigenvalue weighted by Crippen LogP contribution is -2.61. The first-order chi connectivity index (χ1) is 14.3. The van der Waals surface area contributed by atoms with Gasteiger partial charge in [-0.3, -0.25) is 14.4 Å². The highest BCUT2D eigenvalue weighted by Gasteiger charge is 2.50. The van der Waals surface area contributed by atoms with Crippen LogP contribution in [0.4, 0.5) is 0 Å². The first-order valence-corrected chi connectivity index (χ1v) is 9.85. The topological polar surface area (TPSA) is 128 Å². The minimum atomic E-state index is -1.11. The normalized spacial score (nSPS) is 26.1. The van der Waals surface area contributed by atoms with Crippen LogP contribution in [0.3, 0.4) is 0 Å². The second-order valence-electron chi connectivity index (χ2n) is 6.63. The molecule has 30 heavy (non-hydrogen) atoms. The van der Waals surface area contributed by atoms with Crippen LogP contribution in [-0.2, 0) is 47.5 Å². The number of hydrogen-bond acceptors (Lipinski definition) is 11. The molecule has 0 aliphatic carbocycles. The number of nitrogens with one attached hydrogen (secondary N) is 1. The second-order valence-corrected chi connectivity index (χ2v) is 6.63. The molecule has 1 aliphatic rings. The number of ether oxygens (including phenoxy) is 7. The fraction of sp³-hybridized carbons (Fsp3) is 0.842. The molecule has 0 amide bonds. The van der Waals surface area contributed by atoms with Gasteiger partial charge in [0.1, 0.15) is 0 Å². The second kappa shape index (κ2) is 14.3. The average molecular weight is 435 g/mol. The van der Waals surface area contributed by atoms with Gasteiger partial charge in [0.15, 0.2) is 24.6 Å². The van der Waals surface area contributed by atoms with Gasteiger partial charge in [-0.15, -0.1) is 0 Å². The lowest BCUT2D eigenvalue weighted by atomic mass is 9.99. The van der Waals surface area contributed by atoms with Gasteiger partial charge in [-0.25, -0.2) is 0 Å². The van der Waals surface area contributed by atoms with Gasteiger partial charge in [0.25, 0.3) is 0 Å². The zero-order valence-corrected chi connectivity index (χ0v) is 18.2. The van der Waals surface area contributed by atoms with E-state index in [2.05, 4.69) is 5.32 Å². The molecular formula is C19H33NO10. The van der Waals surface area contributed by atoms with Crippen LogP contribution in [0.5, 0.6) is 0 Å². The molecule has 1 fully saturated rings. The molecule has 5 unspecified atom stereocenters. The highest BCUT2D eigenvalue weighted by molar-refractivity contribution is 5.68. The summed E-state index contributed by atoms with van der Waals surface area (Å²) in [6.07, 6.45) is -4.85. The number of rotatable bonds is 13. The summed E-state index contributed by atoms with van der Waals surface area (Å²) in [5.74, 6) is -1.83. The predicted molar refractivity (Wildman–Crippen MR) is 103 cm³/mol. The SMILES string of the molecule is CNCCOCCOCCOC1OC(C)C(OC(C)=O)C(OC(C)=O)C1OC(C)=O. The van der Waals surface area contributed by atoms with Crippen LogP contribution in [-0.4, -0.2) is 95.2 Å². The molecule has 174 valence electrons. The molecule has 0 saturated carbocycles. The molecule has 0 aromatic rings. The lowest BCUT2D eigenvalue weighted by Gasteiger charge is -2.43. The number of carbonyl (C=O) groups excluding carboxylic acids is 3. The highest BCUT2D eigenvalue weighted by Crippen LogP contribution is 2.29. The van der Waals surface area contributed by atoms with E-state index >= 15 is 0 Å². The quantitative estimate of drug-likeness (QED) is 0.234. The third kappa shape index (κ3) is 9.81. The van der Waals surface area contributed by atoms with Crippen molar-refractivity contribution in [3.05, 3.63) is 0 Å². The third-order valence-corrected chi connectivity index (χ3v) is 4.01. The maximum Gasteiger partial charge on any atom is 0.303 e. The van der Waals surface area contributed by atoms with Gasteiger partial charge < -0.3 is 38.5 Å². The van der Waals surface area contributed by atoms with Gasteiger partial charge in [-0.1, -0.05) is 0 Å². The Labute approximate surface area is 176 Å².